The maximum atomic E-state index is 12.1. The second-order valence-electron chi connectivity index (χ2n) is 5.10. The number of Topliss-reactive ketones (excluding diaryl/α,β-unsaturated/α-hetero) is 1. The highest BCUT2D eigenvalue weighted by Crippen LogP contribution is 2.18. The van der Waals surface area contributed by atoms with Crippen LogP contribution in [-0.2, 0) is 4.79 Å². The summed E-state index contributed by atoms with van der Waals surface area (Å²) in [6, 6.07) is 5.72. The molecule has 3 nitrogen and oxygen atoms in total. The van der Waals surface area contributed by atoms with Crippen molar-refractivity contribution in [2.75, 3.05) is 0 Å². The number of nitrogens with one attached hydrogen (secondary N) is 1. The third-order valence-electron chi connectivity index (χ3n) is 3.52. The summed E-state index contributed by atoms with van der Waals surface area (Å²) < 4.78 is 0. The molecule has 96 valence electrons. The molecular formula is C15H19NO2. The number of rotatable bonds is 3. The lowest BCUT2D eigenvalue weighted by atomic mass is 10.0. The van der Waals surface area contributed by atoms with Crippen LogP contribution in [0.25, 0.3) is 0 Å². The van der Waals surface area contributed by atoms with Gasteiger partial charge in [0.1, 0.15) is 0 Å². The Kier molecular flexibility index (Phi) is 3.80. The van der Waals surface area contributed by atoms with E-state index in [9.17, 15) is 9.59 Å². The first-order chi connectivity index (χ1) is 8.58. The Bertz CT molecular complexity index is 473. The number of amides is 1. The molecule has 0 atom stereocenters. The SMILES string of the molecule is Cc1ccc(C(=O)C(=O)NC2CCCC2)c(C)c1. The third-order valence-corrected chi connectivity index (χ3v) is 3.52. The molecule has 0 radical (unpaired) electrons. The van der Waals surface area contributed by atoms with Crippen molar-refractivity contribution >= 4 is 11.7 Å². The average molecular weight is 245 g/mol. The number of benzene rings is 1. The summed E-state index contributed by atoms with van der Waals surface area (Å²) in [6.07, 6.45) is 4.27. The highest BCUT2D eigenvalue weighted by Gasteiger charge is 2.23. The third kappa shape index (κ3) is 2.78. The van der Waals surface area contributed by atoms with Gasteiger partial charge in [0.25, 0.3) is 5.91 Å². The normalized spacial score (nSPS) is 15.7. The van der Waals surface area contributed by atoms with Gasteiger partial charge in [-0.1, -0.05) is 36.6 Å². The summed E-state index contributed by atoms with van der Waals surface area (Å²) in [4.78, 5) is 23.9. The van der Waals surface area contributed by atoms with E-state index in [0.29, 0.717) is 5.56 Å². The van der Waals surface area contributed by atoms with Gasteiger partial charge >= 0.3 is 0 Å². The van der Waals surface area contributed by atoms with Gasteiger partial charge in [0.15, 0.2) is 0 Å². The van der Waals surface area contributed by atoms with Crippen molar-refractivity contribution in [1.82, 2.24) is 5.32 Å². The Labute approximate surface area is 108 Å². The Morgan fingerprint density at radius 3 is 2.44 bits per heavy atom. The molecule has 0 heterocycles. The number of carbonyl (C=O) groups excluding carboxylic acids is 2. The van der Waals surface area contributed by atoms with Crippen LogP contribution in [0.1, 0.15) is 47.2 Å². The Balaban J connectivity index is 2.07. The Morgan fingerprint density at radius 1 is 1.17 bits per heavy atom. The van der Waals surface area contributed by atoms with Gasteiger partial charge in [-0.25, -0.2) is 0 Å². The van der Waals surface area contributed by atoms with Crippen molar-refractivity contribution in [3.05, 3.63) is 34.9 Å². The zero-order valence-electron chi connectivity index (χ0n) is 11.0. The molecule has 0 spiro atoms. The summed E-state index contributed by atoms with van der Waals surface area (Å²) in [5.41, 5.74) is 2.47. The van der Waals surface area contributed by atoms with Crippen LogP contribution in [0.2, 0.25) is 0 Å². The van der Waals surface area contributed by atoms with Crippen molar-refractivity contribution in [3.8, 4) is 0 Å². The monoisotopic (exact) mass is 245 g/mol. The van der Waals surface area contributed by atoms with Crippen LogP contribution in [0, 0.1) is 13.8 Å². The number of ketones is 1. The van der Waals surface area contributed by atoms with E-state index in [1.165, 1.54) is 0 Å². The predicted molar refractivity (Wildman–Crippen MR) is 70.6 cm³/mol. The minimum atomic E-state index is -0.464. The van der Waals surface area contributed by atoms with Crippen LogP contribution in [-0.4, -0.2) is 17.7 Å². The molecule has 1 fully saturated rings. The lowest BCUT2D eigenvalue weighted by molar-refractivity contribution is -0.117. The van der Waals surface area contributed by atoms with E-state index in [-0.39, 0.29) is 6.04 Å². The van der Waals surface area contributed by atoms with Gasteiger partial charge in [-0.15, -0.1) is 0 Å². The molecule has 18 heavy (non-hydrogen) atoms. The van der Waals surface area contributed by atoms with Crippen LogP contribution < -0.4 is 5.32 Å². The molecule has 1 N–H and O–H groups in total. The summed E-state index contributed by atoms with van der Waals surface area (Å²) in [5, 5.41) is 2.83. The first kappa shape index (κ1) is 12.8. The summed E-state index contributed by atoms with van der Waals surface area (Å²) in [6.45, 7) is 3.84. The summed E-state index contributed by atoms with van der Waals surface area (Å²) >= 11 is 0. The fourth-order valence-corrected chi connectivity index (χ4v) is 2.51. The van der Waals surface area contributed by atoms with Crippen LogP contribution in [0.3, 0.4) is 0 Å². The van der Waals surface area contributed by atoms with Gasteiger partial charge in [0, 0.05) is 11.6 Å². The maximum Gasteiger partial charge on any atom is 0.292 e. The summed E-state index contributed by atoms with van der Waals surface area (Å²) in [5.74, 6) is -0.881. The highest BCUT2D eigenvalue weighted by atomic mass is 16.2. The molecule has 1 amide bonds. The molecule has 2 rings (SSSR count). The second kappa shape index (κ2) is 5.34. The molecular weight excluding hydrogens is 226 g/mol. The van der Waals surface area contributed by atoms with Gasteiger partial charge in [-0.05, 0) is 32.3 Å². The van der Waals surface area contributed by atoms with Gasteiger partial charge in [0.05, 0.1) is 0 Å². The molecule has 1 saturated carbocycles. The number of aryl methyl sites for hydroxylation is 2. The molecule has 1 aromatic rings. The fraction of sp³-hybridized carbons (Fsp3) is 0.467. The highest BCUT2D eigenvalue weighted by molar-refractivity contribution is 6.43. The topological polar surface area (TPSA) is 46.2 Å². The van der Waals surface area contributed by atoms with Crippen LogP contribution >= 0.6 is 0 Å². The van der Waals surface area contributed by atoms with Crippen molar-refractivity contribution in [1.29, 1.82) is 0 Å². The van der Waals surface area contributed by atoms with E-state index in [1.807, 2.05) is 26.0 Å². The summed E-state index contributed by atoms with van der Waals surface area (Å²) in [7, 11) is 0. The minimum Gasteiger partial charge on any atom is -0.346 e. The molecule has 0 bridgehead atoms. The van der Waals surface area contributed by atoms with Gasteiger partial charge in [-0.2, -0.15) is 0 Å². The smallest absolute Gasteiger partial charge is 0.292 e. The van der Waals surface area contributed by atoms with Crippen molar-refractivity contribution in [2.45, 2.75) is 45.6 Å². The van der Waals surface area contributed by atoms with E-state index in [2.05, 4.69) is 5.32 Å². The first-order valence-electron chi connectivity index (χ1n) is 6.50. The van der Waals surface area contributed by atoms with E-state index >= 15 is 0 Å². The molecule has 0 aromatic heterocycles. The van der Waals surface area contributed by atoms with E-state index in [0.717, 1.165) is 36.8 Å². The van der Waals surface area contributed by atoms with Gasteiger partial charge in [-0.3, -0.25) is 9.59 Å². The molecule has 1 aliphatic rings. The van der Waals surface area contributed by atoms with E-state index < -0.39 is 11.7 Å². The van der Waals surface area contributed by atoms with Crippen LogP contribution in [0.15, 0.2) is 18.2 Å². The van der Waals surface area contributed by atoms with E-state index in [1.54, 1.807) is 6.07 Å². The first-order valence-corrected chi connectivity index (χ1v) is 6.50. The zero-order valence-corrected chi connectivity index (χ0v) is 11.0. The van der Waals surface area contributed by atoms with Crippen molar-refractivity contribution < 1.29 is 9.59 Å². The second-order valence-corrected chi connectivity index (χ2v) is 5.10. The predicted octanol–water partition coefficient (Wildman–Crippen LogP) is 2.54. The standard InChI is InChI=1S/C15H19NO2/c1-10-7-8-13(11(2)9-10)14(17)15(18)16-12-5-3-4-6-12/h7-9,12H,3-6H2,1-2H3,(H,16,18). The number of hydrogen-bond acceptors (Lipinski definition) is 2. The van der Waals surface area contributed by atoms with Gasteiger partial charge < -0.3 is 5.32 Å². The number of hydrogen-bond donors (Lipinski definition) is 1. The zero-order chi connectivity index (χ0) is 13.1. The quantitative estimate of drug-likeness (QED) is 0.657. The molecule has 0 saturated heterocycles. The molecule has 1 aromatic carbocycles. The van der Waals surface area contributed by atoms with E-state index in [4.69, 9.17) is 0 Å². The fourth-order valence-electron chi connectivity index (χ4n) is 2.51. The Morgan fingerprint density at radius 2 is 1.83 bits per heavy atom. The lowest BCUT2D eigenvalue weighted by Gasteiger charge is -2.12. The average Bonchev–Trinajstić information content (AvgIpc) is 2.81. The molecule has 0 aliphatic heterocycles. The van der Waals surface area contributed by atoms with Crippen molar-refractivity contribution in [2.24, 2.45) is 0 Å². The van der Waals surface area contributed by atoms with Crippen LogP contribution in [0.5, 0.6) is 0 Å². The largest absolute Gasteiger partial charge is 0.346 e. The van der Waals surface area contributed by atoms with Gasteiger partial charge in [0.2, 0.25) is 5.78 Å². The molecule has 0 unspecified atom stereocenters. The molecule has 3 heteroatoms. The Hall–Kier alpha value is -1.64. The number of carbonyl (C=O) groups is 2. The lowest BCUT2D eigenvalue weighted by Crippen LogP contribution is -2.38. The minimum absolute atomic E-state index is 0.187. The van der Waals surface area contributed by atoms with Crippen LogP contribution in [0.4, 0.5) is 0 Å². The maximum absolute atomic E-state index is 12.1. The molecule has 1 aliphatic carbocycles. The van der Waals surface area contributed by atoms with Crippen molar-refractivity contribution in [3.63, 3.8) is 0 Å².